The second kappa shape index (κ2) is 7.27. The maximum atomic E-state index is 11.9. The maximum absolute atomic E-state index is 11.9. The fourth-order valence-corrected chi connectivity index (χ4v) is 2.17. The van der Waals surface area contributed by atoms with E-state index in [1.54, 1.807) is 31.2 Å². The Morgan fingerprint density at radius 3 is 2.78 bits per heavy atom. The Morgan fingerprint density at radius 2 is 2.09 bits per heavy atom. The first-order valence-electron chi connectivity index (χ1n) is 7.09. The number of nitrogens with one attached hydrogen (secondary N) is 2. The summed E-state index contributed by atoms with van der Waals surface area (Å²) in [5, 5.41) is 11.6. The minimum absolute atomic E-state index is 0.129. The smallest absolute Gasteiger partial charge is 0.258 e. The second-order valence-electron chi connectivity index (χ2n) is 5.12. The largest absolute Gasteiger partial charge is 0.482 e. The summed E-state index contributed by atoms with van der Waals surface area (Å²) in [6.45, 7) is 3.53. The lowest BCUT2D eigenvalue weighted by molar-refractivity contribution is -0.123. The Morgan fingerprint density at radius 1 is 1.35 bits per heavy atom. The van der Waals surface area contributed by atoms with Crippen LogP contribution in [0.2, 0.25) is 0 Å². The van der Waals surface area contributed by atoms with E-state index >= 15 is 0 Å². The lowest BCUT2D eigenvalue weighted by Gasteiger charge is -2.10. The van der Waals surface area contributed by atoms with Crippen molar-refractivity contribution in [2.75, 3.05) is 6.61 Å². The van der Waals surface area contributed by atoms with E-state index in [1.807, 2.05) is 19.1 Å². The predicted molar refractivity (Wildman–Crippen MR) is 85.0 cm³/mol. The van der Waals surface area contributed by atoms with E-state index in [4.69, 9.17) is 10.00 Å². The van der Waals surface area contributed by atoms with Crippen molar-refractivity contribution in [2.45, 2.75) is 20.4 Å². The zero-order valence-electron chi connectivity index (χ0n) is 13.0. The molecule has 6 nitrogen and oxygen atoms in total. The highest BCUT2D eigenvalue weighted by Crippen LogP contribution is 2.16. The van der Waals surface area contributed by atoms with Gasteiger partial charge < -0.3 is 15.0 Å². The van der Waals surface area contributed by atoms with Crippen LogP contribution < -0.4 is 15.6 Å². The molecule has 1 aromatic carbocycles. The summed E-state index contributed by atoms with van der Waals surface area (Å²) in [4.78, 5) is 26.4. The van der Waals surface area contributed by atoms with Gasteiger partial charge in [-0.05, 0) is 37.6 Å². The molecule has 0 unspecified atom stereocenters. The minimum atomic E-state index is -0.364. The molecular weight excluding hydrogens is 294 g/mol. The fraction of sp³-hybridized carbons (Fsp3) is 0.235. The molecule has 2 rings (SSSR count). The number of nitrogens with zero attached hydrogens (tertiary/aromatic N) is 1. The standard InChI is InChI=1S/C17H17N3O3/c1-11-7-12(2)20-17(22)14(11)9-19-16(21)10-23-15-6-4-3-5-13(15)8-18/h3-7H,9-10H2,1-2H3,(H,19,21)(H,20,22). The van der Waals surface area contributed by atoms with Gasteiger partial charge in [0, 0.05) is 17.8 Å². The van der Waals surface area contributed by atoms with Crippen LogP contribution in [0.1, 0.15) is 22.4 Å². The average molecular weight is 311 g/mol. The number of carbonyl (C=O) groups excluding carboxylic acids is 1. The number of hydrogen-bond donors (Lipinski definition) is 2. The van der Waals surface area contributed by atoms with Gasteiger partial charge in [0.2, 0.25) is 0 Å². The quantitative estimate of drug-likeness (QED) is 0.876. The number of rotatable bonds is 5. The number of benzene rings is 1. The summed E-state index contributed by atoms with van der Waals surface area (Å²) >= 11 is 0. The molecule has 0 saturated carbocycles. The molecule has 118 valence electrons. The molecule has 0 aliphatic heterocycles. The molecule has 1 heterocycles. The number of para-hydroxylation sites is 1. The van der Waals surface area contributed by atoms with Gasteiger partial charge in [0.15, 0.2) is 6.61 Å². The first-order chi connectivity index (χ1) is 11.0. The minimum Gasteiger partial charge on any atom is -0.482 e. The molecule has 23 heavy (non-hydrogen) atoms. The van der Waals surface area contributed by atoms with E-state index < -0.39 is 0 Å². The van der Waals surface area contributed by atoms with E-state index in [2.05, 4.69) is 10.3 Å². The van der Waals surface area contributed by atoms with E-state index in [9.17, 15) is 9.59 Å². The Kier molecular flexibility index (Phi) is 5.15. The number of aromatic nitrogens is 1. The highest BCUT2D eigenvalue weighted by Gasteiger charge is 2.09. The van der Waals surface area contributed by atoms with Crippen LogP contribution in [0.3, 0.4) is 0 Å². The van der Waals surface area contributed by atoms with Gasteiger partial charge in [-0.25, -0.2) is 0 Å². The zero-order chi connectivity index (χ0) is 16.8. The summed E-state index contributed by atoms with van der Waals surface area (Å²) in [6, 6.07) is 10.5. The first-order valence-corrected chi connectivity index (χ1v) is 7.09. The summed E-state index contributed by atoms with van der Waals surface area (Å²) in [5.41, 5.74) is 2.27. The molecular formula is C17H17N3O3. The van der Waals surface area contributed by atoms with Crippen LogP contribution in [0.25, 0.3) is 0 Å². The van der Waals surface area contributed by atoms with Crippen LogP contribution in [0.5, 0.6) is 5.75 Å². The van der Waals surface area contributed by atoms with Crippen molar-refractivity contribution >= 4 is 5.91 Å². The fourth-order valence-electron chi connectivity index (χ4n) is 2.17. The Balaban J connectivity index is 1.94. The number of nitriles is 1. The second-order valence-corrected chi connectivity index (χ2v) is 5.12. The monoisotopic (exact) mass is 311 g/mol. The van der Waals surface area contributed by atoms with Crippen molar-refractivity contribution in [1.29, 1.82) is 5.26 Å². The van der Waals surface area contributed by atoms with E-state index in [0.29, 0.717) is 16.9 Å². The maximum Gasteiger partial charge on any atom is 0.258 e. The number of H-pyrrole nitrogens is 1. The molecule has 0 aliphatic rings. The van der Waals surface area contributed by atoms with Crippen molar-refractivity contribution in [3.05, 3.63) is 63.1 Å². The topological polar surface area (TPSA) is 95.0 Å². The molecule has 1 amide bonds. The highest BCUT2D eigenvalue weighted by molar-refractivity contribution is 5.77. The number of ether oxygens (including phenoxy) is 1. The molecule has 0 radical (unpaired) electrons. The van der Waals surface area contributed by atoms with Crippen molar-refractivity contribution in [3.63, 3.8) is 0 Å². The zero-order valence-corrected chi connectivity index (χ0v) is 13.0. The molecule has 0 atom stereocenters. The van der Waals surface area contributed by atoms with Crippen LogP contribution in [0.15, 0.2) is 35.1 Å². The first kappa shape index (κ1) is 16.3. The predicted octanol–water partition coefficient (Wildman–Crippen LogP) is 1.56. The summed E-state index contributed by atoms with van der Waals surface area (Å²) < 4.78 is 5.34. The van der Waals surface area contributed by atoms with Crippen LogP contribution >= 0.6 is 0 Å². The van der Waals surface area contributed by atoms with Crippen molar-refractivity contribution in [3.8, 4) is 11.8 Å². The molecule has 2 aromatic rings. The lowest BCUT2D eigenvalue weighted by Crippen LogP contribution is -2.31. The number of pyridine rings is 1. The van der Waals surface area contributed by atoms with E-state index in [1.165, 1.54) is 0 Å². The van der Waals surface area contributed by atoms with Gasteiger partial charge in [-0.2, -0.15) is 5.26 Å². The number of amides is 1. The van der Waals surface area contributed by atoms with Gasteiger partial charge in [0.25, 0.3) is 11.5 Å². The molecule has 1 aromatic heterocycles. The van der Waals surface area contributed by atoms with Crippen molar-refractivity contribution in [2.24, 2.45) is 0 Å². The van der Waals surface area contributed by atoms with E-state index in [0.717, 1.165) is 11.3 Å². The summed E-state index contributed by atoms with van der Waals surface area (Å²) in [7, 11) is 0. The number of aryl methyl sites for hydroxylation is 2. The summed E-state index contributed by atoms with van der Waals surface area (Å²) in [6.07, 6.45) is 0. The molecule has 2 N–H and O–H groups in total. The van der Waals surface area contributed by atoms with Gasteiger partial charge in [0.05, 0.1) is 5.56 Å². The van der Waals surface area contributed by atoms with Crippen LogP contribution in [0.4, 0.5) is 0 Å². The van der Waals surface area contributed by atoms with Gasteiger partial charge in [-0.1, -0.05) is 12.1 Å². The Labute approximate surface area is 133 Å². The third kappa shape index (κ3) is 4.20. The molecule has 0 bridgehead atoms. The highest BCUT2D eigenvalue weighted by atomic mass is 16.5. The Bertz CT molecular complexity index is 819. The lowest BCUT2D eigenvalue weighted by atomic mass is 10.1. The molecule has 0 fully saturated rings. The van der Waals surface area contributed by atoms with E-state index in [-0.39, 0.29) is 24.6 Å². The van der Waals surface area contributed by atoms with Crippen LogP contribution in [-0.4, -0.2) is 17.5 Å². The normalized spacial score (nSPS) is 9.96. The molecule has 0 spiro atoms. The van der Waals surface area contributed by atoms with Gasteiger partial charge in [0.1, 0.15) is 11.8 Å². The summed E-state index contributed by atoms with van der Waals surface area (Å²) in [5.74, 6) is -0.00775. The third-order valence-corrected chi connectivity index (χ3v) is 3.32. The number of aromatic amines is 1. The third-order valence-electron chi connectivity index (χ3n) is 3.32. The van der Waals surface area contributed by atoms with Gasteiger partial charge in [-0.15, -0.1) is 0 Å². The SMILES string of the molecule is Cc1cc(C)c(CNC(=O)COc2ccccc2C#N)c(=O)[nH]1. The number of carbonyl (C=O) groups is 1. The van der Waals surface area contributed by atoms with Crippen molar-refractivity contribution in [1.82, 2.24) is 10.3 Å². The van der Waals surface area contributed by atoms with Crippen LogP contribution in [0, 0.1) is 25.2 Å². The molecule has 0 saturated heterocycles. The van der Waals surface area contributed by atoms with Crippen molar-refractivity contribution < 1.29 is 9.53 Å². The average Bonchev–Trinajstić information content (AvgIpc) is 2.52. The Hall–Kier alpha value is -3.07. The van der Waals surface area contributed by atoms with Gasteiger partial charge >= 0.3 is 0 Å². The molecule has 6 heteroatoms. The number of hydrogen-bond acceptors (Lipinski definition) is 4. The van der Waals surface area contributed by atoms with Gasteiger partial charge in [-0.3, -0.25) is 9.59 Å². The molecule has 0 aliphatic carbocycles. The van der Waals surface area contributed by atoms with Crippen LogP contribution in [-0.2, 0) is 11.3 Å².